The van der Waals surface area contributed by atoms with Crippen molar-refractivity contribution in [2.45, 2.75) is 50.8 Å². The Morgan fingerprint density at radius 3 is 2.50 bits per heavy atom. The van der Waals surface area contributed by atoms with Crippen LogP contribution in [0.4, 0.5) is 0 Å². The highest BCUT2D eigenvalue weighted by molar-refractivity contribution is 8.00. The Kier molecular flexibility index (Phi) is 3.76. The van der Waals surface area contributed by atoms with Gasteiger partial charge < -0.3 is 9.67 Å². The Balaban J connectivity index is 2.31. The third-order valence-corrected chi connectivity index (χ3v) is 5.60. The van der Waals surface area contributed by atoms with Crippen LogP contribution in [0, 0.1) is 13.8 Å². The van der Waals surface area contributed by atoms with Crippen LogP contribution in [0.1, 0.15) is 47.4 Å². The zero-order chi connectivity index (χ0) is 13.3. The van der Waals surface area contributed by atoms with Gasteiger partial charge in [0.2, 0.25) is 0 Å². The summed E-state index contributed by atoms with van der Waals surface area (Å²) in [6, 6.07) is 1.79. The zero-order valence-corrected chi connectivity index (χ0v) is 12.1. The van der Waals surface area contributed by atoms with Crippen LogP contribution < -0.4 is 0 Å². The van der Waals surface area contributed by atoms with Gasteiger partial charge in [-0.1, -0.05) is 12.8 Å². The quantitative estimate of drug-likeness (QED) is 0.908. The first kappa shape index (κ1) is 13.5. The minimum absolute atomic E-state index is 0.310. The van der Waals surface area contributed by atoms with Gasteiger partial charge in [-0.2, -0.15) is 11.8 Å². The Labute approximate surface area is 113 Å². The highest BCUT2D eigenvalue weighted by atomic mass is 32.2. The van der Waals surface area contributed by atoms with Gasteiger partial charge in [-0.15, -0.1) is 0 Å². The first-order chi connectivity index (χ1) is 8.49. The standard InChI is InChI=1S/C14H21NO2S/c1-10-8-12(13(16)17)11(2)15(10)9-14(18-3)6-4-5-7-14/h8H,4-7,9H2,1-3H3,(H,16,17). The third-order valence-electron chi connectivity index (χ3n) is 4.20. The van der Waals surface area contributed by atoms with Gasteiger partial charge in [-0.3, -0.25) is 0 Å². The molecule has 1 N–H and O–H groups in total. The summed E-state index contributed by atoms with van der Waals surface area (Å²) < 4.78 is 2.50. The molecule has 18 heavy (non-hydrogen) atoms. The summed E-state index contributed by atoms with van der Waals surface area (Å²) >= 11 is 1.94. The van der Waals surface area contributed by atoms with Gasteiger partial charge in [0.05, 0.1) is 5.56 Å². The van der Waals surface area contributed by atoms with Crippen LogP contribution in [0.25, 0.3) is 0 Å². The number of hydrogen-bond donors (Lipinski definition) is 1. The average molecular weight is 267 g/mol. The summed E-state index contributed by atoms with van der Waals surface area (Å²) in [5.74, 6) is -0.820. The molecule has 3 nitrogen and oxygen atoms in total. The van der Waals surface area contributed by atoms with E-state index in [9.17, 15) is 4.79 Å². The van der Waals surface area contributed by atoms with Gasteiger partial charge in [0.25, 0.3) is 0 Å². The number of rotatable bonds is 4. The number of aromatic nitrogens is 1. The molecule has 0 radical (unpaired) electrons. The molecular formula is C14H21NO2S. The SMILES string of the molecule is CSC1(Cn2c(C)cc(C(=O)O)c2C)CCCC1. The third kappa shape index (κ3) is 2.30. The van der Waals surface area contributed by atoms with Gasteiger partial charge >= 0.3 is 5.97 Å². The molecule has 1 aliphatic rings. The minimum Gasteiger partial charge on any atom is -0.478 e. The van der Waals surface area contributed by atoms with Gasteiger partial charge in [-0.25, -0.2) is 4.79 Å². The second kappa shape index (κ2) is 5.00. The summed E-state index contributed by atoms with van der Waals surface area (Å²) in [5, 5.41) is 9.17. The molecule has 0 aromatic carbocycles. The molecular weight excluding hydrogens is 246 g/mol. The fourth-order valence-electron chi connectivity index (χ4n) is 3.00. The van der Waals surface area contributed by atoms with E-state index in [1.165, 1.54) is 25.7 Å². The van der Waals surface area contributed by atoms with Crippen molar-refractivity contribution in [1.29, 1.82) is 0 Å². The van der Waals surface area contributed by atoms with Gasteiger partial charge in [-0.05, 0) is 39.0 Å². The van der Waals surface area contributed by atoms with E-state index in [1.54, 1.807) is 6.07 Å². The number of nitrogens with zero attached hydrogens (tertiary/aromatic N) is 1. The van der Waals surface area contributed by atoms with Crippen LogP contribution in [0.3, 0.4) is 0 Å². The molecule has 0 saturated heterocycles. The predicted molar refractivity (Wildman–Crippen MR) is 75.6 cm³/mol. The number of carbonyl (C=O) groups is 1. The van der Waals surface area contributed by atoms with Crippen molar-refractivity contribution in [1.82, 2.24) is 4.57 Å². The Morgan fingerprint density at radius 1 is 1.44 bits per heavy atom. The molecule has 100 valence electrons. The van der Waals surface area contributed by atoms with Crippen molar-refractivity contribution in [3.63, 3.8) is 0 Å². The summed E-state index contributed by atoms with van der Waals surface area (Å²) in [5.41, 5.74) is 2.40. The molecule has 1 saturated carbocycles. The van der Waals surface area contributed by atoms with Gasteiger partial charge in [0.15, 0.2) is 0 Å². The highest BCUT2D eigenvalue weighted by Crippen LogP contribution is 2.42. The summed E-state index contributed by atoms with van der Waals surface area (Å²) in [6.45, 7) is 4.86. The molecule has 0 bridgehead atoms. The van der Waals surface area contributed by atoms with E-state index >= 15 is 0 Å². The van der Waals surface area contributed by atoms with Crippen LogP contribution in [-0.4, -0.2) is 26.6 Å². The van der Waals surface area contributed by atoms with Crippen molar-refractivity contribution < 1.29 is 9.90 Å². The smallest absolute Gasteiger partial charge is 0.337 e. The Bertz CT molecular complexity index is 459. The average Bonchev–Trinajstić information content (AvgIpc) is 2.90. The number of hydrogen-bond acceptors (Lipinski definition) is 2. The van der Waals surface area contributed by atoms with Crippen molar-refractivity contribution in [3.05, 3.63) is 23.0 Å². The number of carboxylic acid groups (broad SMARTS) is 1. The maximum Gasteiger partial charge on any atom is 0.337 e. The van der Waals surface area contributed by atoms with Gasteiger partial charge in [0, 0.05) is 22.7 Å². The second-order valence-corrected chi connectivity index (χ2v) is 6.54. The van der Waals surface area contributed by atoms with Crippen LogP contribution in [0.5, 0.6) is 0 Å². The fourth-order valence-corrected chi connectivity index (χ4v) is 3.95. The molecule has 4 heteroatoms. The summed E-state index contributed by atoms with van der Waals surface area (Å²) in [4.78, 5) is 11.2. The largest absolute Gasteiger partial charge is 0.478 e. The minimum atomic E-state index is -0.820. The Morgan fingerprint density at radius 2 is 2.06 bits per heavy atom. The van der Waals surface area contributed by atoms with Crippen LogP contribution in [-0.2, 0) is 6.54 Å². The van der Waals surface area contributed by atoms with E-state index < -0.39 is 5.97 Å². The molecule has 1 aromatic rings. The predicted octanol–water partition coefficient (Wildman–Crippen LogP) is 3.48. The topological polar surface area (TPSA) is 42.2 Å². The molecule has 0 spiro atoms. The van der Waals surface area contributed by atoms with E-state index in [0.29, 0.717) is 10.3 Å². The highest BCUT2D eigenvalue weighted by Gasteiger charge is 2.34. The molecule has 1 heterocycles. The monoisotopic (exact) mass is 267 g/mol. The van der Waals surface area contributed by atoms with E-state index in [2.05, 4.69) is 10.8 Å². The first-order valence-corrected chi connectivity index (χ1v) is 7.67. The van der Waals surface area contributed by atoms with E-state index in [1.807, 2.05) is 25.6 Å². The molecule has 0 unspecified atom stereocenters. The van der Waals surface area contributed by atoms with E-state index in [-0.39, 0.29) is 0 Å². The maximum atomic E-state index is 11.2. The van der Waals surface area contributed by atoms with Crippen molar-refractivity contribution in [2.75, 3.05) is 6.26 Å². The zero-order valence-electron chi connectivity index (χ0n) is 11.3. The van der Waals surface area contributed by atoms with Gasteiger partial charge in [0.1, 0.15) is 0 Å². The normalized spacial score (nSPS) is 18.2. The van der Waals surface area contributed by atoms with Crippen molar-refractivity contribution in [3.8, 4) is 0 Å². The van der Waals surface area contributed by atoms with Crippen LogP contribution >= 0.6 is 11.8 Å². The molecule has 1 fully saturated rings. The van der Waals surface area contributed by atoms with Crippen LogP contribution in [0.2, 0.25) is 0 Å². The van der Waals surface area contributed by atoms with Crippen molar-refractivity contribution in [2.24, 2.45) is 0 Å². The molecule has 1 aromatic heterocycles. The molecule has 0 amide bonds. The first-order valence-electron chi connectivity index (χ1n) is 6.44. The second-order valence-electron chi connectivity index (χ2n) is 5.27. The maximum absolute atomic E-state index is 11.2. The lowest BCUT2D eigenvalue weighted by Crippen LogP contribution is -2.28. The number of thioether (sulfide) groups is 1. The number of aromatic carboxylic acids is 1. The fraction of sp³-hybridized carbons (Fsp3) is 0.643. The number of aryl methyl sites for hydroxylation is 1. The van der Waals surface area contributed by atoms with E-state index in [4.69, 9.17) is 5.11 Å². The summed E-state index contributed by atoms with van der Waals surface area (Å²) in [7, 11) is 0. The van der Waals surface area contributed by atoms with E-state index in [0.717, 1.165) is 17.9 Å². The number of carboxylic acids is 1. The molecule has 2 rings (SSSR count). The summed E-state index contributed by atoms with van der Waals surface area (Å²) in [6.07, 6.45) is 7.26. The Hall–Kier alpha value is -0.900. The van der Waals surface area contributed by atoms with Crippen LogP contribution in [0.15, 0.2) is 6.07 Å². The lowest BCUT2D eigenvalue weighted by atomic mass is 10.1. The molecule has 0 atom stereocenters. The molecule has 0 aliphatic heterocycles. The molecule has 1 aliphatic carbocycles. The van der Waals surface area contributed by atoms with Crippen molar-refractivity contribution >= 4 is 17.7 Å². The lowest BCUT2D eigenvalue weighted by molar-refractivity contribution is 0.0696. The lowest BCUT2D eigenvalue weighted by Gasteiger charge is -2.29.